The van der Waals surface area contributed by atoms with Gasteiger partial charge >= 0.3 is 0 Å². The first kappa shape index (κ1) is 15.9. The largest absolute Gasteiger partial charge is 0.360 e. The molecule has 2 N–H and O–H groups in total. The van der Waals surface area contributed by atoms with E-state index in [1.165, 1.54) is 12.3 Å². The molecule has 0 saturated heterocycles. The normalized spacial score (nSPS) is 10.9. The summed E-state index contributed by atoms with van der Waals surface area (Å²) < 4.78 is 4.86. The van der Waals surface area contributed by atoms with Crippen molar-refractivity contribution >= 4 is 40.6 Å². The Balaban J connectivity index is 2.08. The minimum Gasteiger partial charge on any atom is -0.360 e. The predicted octanol–water partition coefficient (Wildman–Crippen LogP) is 3.75. The first-order valence-corrected chi connectivity index (χ1v) is 6.81. The Morgan fingerprint density at radius 2 is 2.14 bits per heavy atom. The van der Waals surface area contributed by atoms with Crippen molar-refractivity contribution in [3.63, 3.8) is 0 Å². The number of hydrogen-bond donors (Lipinski definition) is 2. The van der Waals surface area contributed by atoms with Gasteiger partial charge in [0.25, 0.3) is 5.91 Å². The number of benzene rings is 1. The van der Waals surface area contributed by atoms with Crippen LogP contribution in [-0.4, -0.2) is 11.1 Å². The van der Waals surface area contributed by atoms with Crippen LogP contribution >= 0.6 is 23.2 Å². The van der Waals surface area contributed by atoms with Crippen molar-refractivity contribution in [2.45, 2.75) is 6.92 Å². The molecule has 22 heavy (non-hydrogen) atoms. The van der Waals surface area contributed by atoms with Gasteiger partial charge in [-0.1, -0.05) is 28.4 Å². The van der Waals surface area contributed by atoms with Gasteiger partial charge in [0.2, 0.25) is 0 Å². The van der Waals surface area contributed by atoms with Crippen LogP contribution in [0.1, 0.15) is 5.76 Å². The lowest BCUT2D eigenvalue weighted by atomic mass is 10.2. The second-order valence-electron chi connectivity index (χ2n) is 4.22. The number of carbonyl (C=O) groups excluding carboxylic acids is 1. The first-order valence-electron chi connectivity index (χ1n) is 6.06. The number of aromatic nitrogens is 1. The third-order valence-electron chi connectivity index (χ3n) is 2.53. The van der Waals surface area contributed by atoms with Gasteiger partial charge in [-0.25, -0.2) is 0 Å². The Bertz CT molecular complexity index is 777. The van der Waals surface area contributed by atoms with Crippen LogP contribution in [0.4, 0.5) is 11.5 Å². The maximum absolute atomic E-state index is 12.0. The van der Waals surface area contributed by atoms with Gasteiger partial charge in [-0.3, -0.25) is 4.79 Å². The Morgan fingerprint density at radius 1 is 1.36 bits per heavy atom. The Kier molecular flexibility index (Phi) is 5.04. The number of carbonyl (C=O) groups is 1. The number of nitriles is 1. The highest BCUT2D eigenvalue weighted by Gasteiger charge is 2.10. The molecule has 0 radical (unpaired) electrons. The lowest BCUT2D eigenvalue weighted by Crippen LogP contribution is -2.14. The molecule has 2 aromatic rings. The quantitative estimate of drug-likeness (QED) is 0.655. The smallest absolute Gasteiger partial charge is 0.267 e. The van der Waals surface area contributed by atoms with E-state index >= 15 is 0 Å². The Labute approximate surface area is 136 Å². The van der Waals surface area contributed by atoms with E-state index in [1.54, 1.807) is 31.2 Å². The number of hydrogen-bond acceptors (Lipinski definition) is 5. The second-order valence-corrected chi connectivity index (χ2v) is 5.03. The summed E-state index contributed by atoms with van der Waals surface area (Å²) in [6.07, 6.45) is 1.24. The zero-order chi connectivity index (χ0) is 16.1. The van der Waals surface area contributed by atoms with Crippen LogP contribution in [0.25, 0.3) is 0 Å². The van der Waals surface area contributed by atoms with E-state index in [0.29, 0.717) is 27.3 Å². The van der Waals surface area contributed by atoms with Crippen LogP contribution in [0.3, 0.4) is 0 Å². The molecule has 0 saturated carbocycles. The highest BCUT2D eigenvalue weighted by molar-refractivity contribution is 6.42. The Morgan fingerprint density at radius 3 is 2.73 bits per heavy atom. The number of amides is 1. The molecule has 0 unspecified atom stereocenters. The molecule has 1 amide bonds. The van der Waals surface area contributed by atoms with Crippen molar-refractivity contribution in [2.24, 2.45) is 0 Å². The van der Waals surface area contributed by atoms with E-state index in [9.17, 15) is 4.79 Å². The molecule has 0 aliphatic carbocycles. The summed E-state index contributed by atoms with van der Waals surface area (Å²) in [6, 6.07) is 8.04. The maximum atomic E-state index is 12.0. The molecule has 1 heterocycles. The van der Waals surface area contributed by atoms with Crippen molar-refractivity contribution in [3.8, 4) is 6.07 Å². The highest BCUT2D eigenvalue weighted by Crippen LogP contribution is 2.25. The zero-order valence-electron chi connectivity index (χ0n) is 11.4. The monoisotopic (exact) mass is 336 g/mol. The van der Waals surface area contributed by atoms with Crippen LogP contribution < -0.4 is 10.6 Å². The summed E-state index contributed by atoms with van der Waals surface area (Å²) in [5.74, 6) is 0.413. The van der Waals surface area contributed by atoms with E-state index in [1.807, 2.05) is 0 Å². The van der Waals surface area contributed by atoms with E-state index in [4.69, 9.17) is 33.0 Å². The number of anilines is 2. The SMILES string of the molecule is Cc1cc(N/C=C(/C#N)C(=O)Nc2ccc(Cl)c(Cl)c2)no1. The van der Waals surface area contributed by atoms with Gasteiger partial charge in [-0.05, 0) is 25.1 Å². The minimum absolute atomic E-state index is 0.133. The topological polar surface area (TPSA) is 91.0 Å². The standard InChI is InChI=1S/C14H10Cl2N4O2/c1-8-4-13(20-22-8)18-7-9(6-17)14(21)19-10-2-3-11(15)12(16)5-10/h2-5,7H,1H3,(H,18,20)(H,19,21)/b9-7-. The molecule has 8 heteroatoms. The first-order chi connectivity index (χ1) is 10.5. The summed E-state index contributed by atoms with van der Waals surface area (Å²) in [6.45, 7) is 1.73. The molecule has 1 aromatic heterocycles. The van der Waals surface area contributed by atoms with Crippen molar-refractivity contribution in [2.75, 3.05) is 10.6 Å². The minimum atomic E-state index is -0.589. The van der Waals surface area contributed by atoms with E-state index in [2.05, 4.69) is 15.8 Å². The molecule has 2 rings (SSSR count). The van der Waals surface area contributed by atoms with Crippen LogP contribution in [0.15, 0.2) is 40.6 Å². The molecule has 0 aliphatic heterocycles. The molecule has 0 aliphatic rings. The van der Waals surface area contributed by atoms with Crippen molar-refractivity contribution in [3.05, 3.63) is 51.8 Å². The van der Waals surface area contributed by atoms with Crippen LogP contribution in [-0.2, 0) is 4.79 Å². The summed E-state index contributed by atoms with van der Waals surface area (Å²) in [4.78, 5) is 12.0. The fraction of sp³-hybridized carbons (Fsp3) is 0.0714. The van der Waals surface area contributed by atoms with Gasteiger partial charge in [-0.15, -0.1) is 0 Å². The molecular formula is C14H10Cl2N4O2. The van der Waals surface area contributed by atoms with Gasteiger partial charge in [0.15, 0.2) is 5.82 Å². The Hall–Kier alpha value is -2.49. The van der Waals surface area contributed by atoms with E-state index in [-0.39, 0.29) is 5.57 Å². The lowest BCUT2D eigenvalue weighted by Gasteiger charge is -2.05. The summed E-state index contributed by atoms with van der Waals surface area (Å²) in [7, 11) is 0. The number of nitrogens with zero attached hydrogens (tertiary/aromatic N) is 2. The molecule has 1 aromatic carbocycles. The van der Waals surface area contributed by atoms with E-state index in [0.717, 1.165) is 0 Å². The number of nitrogens with one attached hydrogen (secondary N) is 2. The van der Waals surface area contributed by atoms with Crippen molar-refractivity contribution in [1.82, 2.24) is 5.16 Å². The average Bonchev–Trinajstić information content (AvgIpc) is 2.89. The highest BCUT2D eigenvalue weighted by atomic mass is 35.5. The number of rotatable bonds is 4. The summed E-state index contributed by atoms with van der Waals surface area (Å²) >= 11 is 11.7. The third kappa shape index (κ3) is 4.01. The van der Waals surface area contributed by atoms with Crippen molar-refractivity contribution < 1.29 is 9.32 Å². The molecule has 0 spiro atoms. The number of aryl methyl sites for hydroxylation is 1. The summed E-state index contributed by atoms with van der Waals surface area (Å²) in [5.41, 5.74) is 0.296. The maximum Gasteiger partial charge on any atom is 0.267 e. The van der Waals surface area contributed by atoms with Gasteiger partial charge in [-0.2, -0.15) is 5.26 Å². The average molecular weight is 337 g/mol. The molecule has 0 fully saturated rings. The van der Waals surface area contributed by atoms with Crippen molar-refractivity contribution in [1.29, 1.82) is 5.26 Å². The van der Waals surface area contributed by atoms with Crippen LogP contribution in [0.5, 0.6) is 0 Å². The zero-order valence-corrected chi connectivity index (χ0v) is 12.9. The van der Waals surface area contributed by atoms with Gasteiger partial charge in [0.05, 0.1) is 10.0 Å². The number of halogens is 2. The molecule has 0 bridgehead atoms. The molecule has 6 nitrogen and oxygen atoms in total. The molecule has 0 atom stereocenters. The van der Waals surface area contributed by atoms with Gasteiger partial charge in [0.1, 0.15) is 17.4 Å². The summed E-state index contributed by atoms with van der Waals surface area (Å²) in [5, 5.41) is 18.7. The second kappa shape index (κ2) is 6.98. The molecule has 112 valence electrons. The van der Waals surface area contributed by atoms with Gasteiger partial charge in [0, 0.05) is 18.0 Å². The fourth-order valence-corrected chi connectivity index (χ4v) is 1.80. The lowest BCUT2D eigenvalue weighted by molar-refractivity contribution is -0.112. The van der Waals surface area contributed by atoms with Crippen LogP contribution in [0.2, 0.25) is 10.0 Å². The van der Waals surface area contributed by atoms with E-state index < -0.39 is 5.91 Å². The molecular weight excluding hydrogens is 327 g/mol. The predicted molar refractivity (Wildman–Crippen MR) is 83.7 cm³/mol. The van der Waals surface area contributed by atoms with Crippen LogP contribution in [0, 0.1) is 18.3 Å². The third-order valence-corrected chi connectivity index (χ3v) is 3.27. The fourth-order valence-electron chi connectivity index (χ4n) is 1.50. The van der Waals surface area contributed by atoms with Gasteiger partial charge < -0.3 is 15.2 Å².